The van der Waals surface area contributed by atoms with Gasteiger partial charge in [0.1, 0.15) is 0 Å². The van der Waals surface area contributed by atoms with Crippen molar-refractivity contribution < 1.29 is 14.0 Å². The first-order valence-corrected chi connectivity index (χ1v) is 6.31. The van der Waals surface area contributed by atoms with Crippen LogP contribution in [-0.2, 0) is 13.1 Å². The summed E-state index contributed by atoms with van der Waals surface area (Å²) >= 11 is 0. The average Bonchev–Trinajstić information content (AvgIpc) is 2.51. The molecule has 0 radical (unpaired) electrons. The number of hydrogen-bond acceptors (Lipinski definition) is 3. The first-order valence-electron chi connectivity index (χ1n) is 6.31. The summed E-state index contributed by atoms with van der Waals surface area (Å²) in [6, 6.07) is 11.0. The molecule has 0 fully saturated rings. The van der Waals surface area contributed by atoms with Crippen molar-refractivity contribution >= 4 is 5.84 Å². The van der Waals surface area contributed by atoms with Gasteiger partial charge in [0.2, 0.25) is 0 Å². The van der Waals surface area contributed by atoms with Crippen LogP contribution < -0.4 is 11.1 Å². The highest BCUT2D eigenvalue weighted by Crippen LogP contribution is 2.09. The van der Waals surface area contributed by atoms with Gasteiger partial charge >= 0.3 is 0 Å². The molecule has 0 spiro atoms. The van der Waals surface area contributed by atoms with Gasteiger partial charge in [-0.15, -0.1) is 0 Å². The summed E-state index contributed by atoms with van der Waals surface area (Å²) in [7, 11) is 0. The third-order valence-corrected chi connectivity index (χ3v) is 3.00. The van der Waals surface area contributed by atoms with E-state index in [1.807, 2.05) is 12.1 Å². The lowest BCUT2D eigenvalue weighted by Gasteiger charge is -2.06. The Labute approximate surface area is 120 Å². The van der Waals surface area contributed by atoms with Gasteiger partial charge in [-0.05, 0) is 23.3 Å². The third-order valence-electron chi connectivity index (χ3n) is 3.00. The maximum atomic E-state index is 13.0. The third kappa shape index (κ3) is 4.00. The van der Waals surface area contributed by atoms with Crippen LogP contribution in [0.4, 0.5) is 8.78 Å². The fraction of sp³-hybridized carbons (Fsp3) is 0.133. The highest BCUT2D eigenvalue weighted by Gasteiger charge is 2.03. The second-order valence-corrected chi connectivity index (χ2v) is 4.53. The molecule has 0 saturated heterocycles. The molecule has 0 unspecified atom stereocenters. The van der Waals surface area contributed by atoms with Crippen LogP contribution in [0.5, 0.6) is 0 Å². The van der Waals surface area contributed by atoms with Gasteiger partial charge in [0.15, 0.2) is 17.5 Å². The van der Waals surface area contributed by atoms with Crippen molar-refractivity contribution in [2.75, 3.05) is 0 Å². The van der Waals surface area contributed by atoms with E-state index >= 15 is 0 Å². The molecule has 4 N–H and O–H groups in total. The summed E-state index contributed by atoms with van der Waals surface area (Å²) in [5.74, 6) is -1.65. The number of nitrogens with zero attached hydrogens (tertiary/aromatic N) is 1. The maximum absolute atomic E-state index is 13.0. The zero-order valence-electron chi connectivity index (χ0n) is 11.2. The minimum absolute atomic E-state index is 0.0521. The van der Waals surface area contributed by atoms with Crippen molar-refractivity contribution in [3.63, 3.8) is 0 Å². The molecule has 4 nitrogen and oxygen atoms in total. The molecule has 0 aliphatic heterocycles. The summed E-state index contributed by atoms with van der Waals surface area (Å²) in [6.45, 7) is 0.995. The number of oxime groups is 1. The highest BCUT2D eigenvalue weighted by molar-refractivity contribution is 5.96. The number of hydrogen-bond donors (Lipinski definition) is 3. The summed E-state index contributed by atoms with van der Waals surface area (Å²) in [6.07, 6.45) is 0. The Hall–Kier alpha value is -2.47. The lowest BCUT2D eigenvalue weighted by Crippen LogP contribution is -2.15. The molecule has 0 aliphatic rings. The molecule has 2 aromatic carbocycles. The van der Waals surface area contributed by atoms with Crippen molar-refractivity contribution in [3.05, 3.63) is 70.8 Å². The molecule has 0 amide bonds. The molecule has 0 bridgehead atoms. The Morgan fingerprint density at radius 1 is 1.00 bits per heavy atom. The number of nitrogens with two attached hydrogens (primary N) is 1. The Morgan fingerprint density at radius 2 is 1.62 bits per heavy atom. The topological polar surface area (TPSA) is 70.6 Å². The quantitative estimate of drug-likeness (QED) is 0.343. The van der Waals surface area contributed by atoms with Gasteiger partial charge in [0.25, 0.3) is 0 Å². The van der Waals surface area contributed by atoms with Crippen LogP contribution in [0, 0.1) is 11.6 Å². The summed E-state index contributed by atoms with van der Waals surface area (Å²) in [5, 5.41) is 14.6. The zero-order valence-corrected chi connectivity index (χ0v) is 11.2. The van der Waals surface area contributed by atoms with E-state index in [0.29, 0.717) is 24.2 Å². The lowest BCUT2D eigenvalue weighted by molar-refractivity contribution is 0.318. The van der Waals surface area contributed by atoms with E-state index in [9.17, 15) is 8.78 Å². The largest absolute Gasteiger partial charge is 0.409 e. The molecule has 6 heteroatoms. The summed E-state index contributed by atoms with van der Waals surface area (Å²) in [5.41, 5.74) is 7.75. The van der Waals surface area contributed by atoms with Crippen molar-refractivity contribution in [1.29, 1.82) is 0 Å². The second kappa shape index (κ2) is 6.81. The van der Waals surface area contributed by atoms with Crippen LogP contribution in [0.3, 0.4) is 0 Å². The highest BCUT2D eigenvalue weighted by atomic mass is 19.2. The van der Waals surface area contributed by atoms with Gasteiger partial charge in [-0.2, -0.15) is 0 Å². The van der Waals surface area contributed by atoms with Crippen LogP contribution in [-0.4, -0.2) is 11.0 Å². The van der Waals surface area contributed by atoms with Crippen molar-refractivity contribution in [2.24, 2.45) is 10.9 Å². The van der Waals surface area contributed by atoms with Crippen molar-refractivity contribution in [2.45, 2.75) is 13.1 Å². The Balaban J connectivity index is 1.90. The maximum Gasteiger partial charge on any atom is 0.170 e. The van der Waals surface area contributed by atoms with Crippen LogP contribution >= 0.6 is 0 Å². The number of halogens is 2. The smallest absolute Gasteiger partial charge is 0.170 e. The number of rotatable bonds is 5. The number of benzene rings is 2. The zero-order chi connectivity index (χ0) is 15.2. The van der Waals surface area contributed by atoms with Gasteiger partial charge in [0, 0.05) is 18.7 Å². The molecule has 110 valence electrons. The molecule has 2 rings (SSSR count). The van der Waals surface area contributed by atoms with Crippen LogP contribution in [0.1, 0.15) is 16.7 Å². The Bertz CT molecular complexity index is 642. The molecule has 0 aliphatic carbocycles. The van der Waals surface area contributed by atoms with E-state index in [1.165, 1.54) is 12.1 Å². The average molecular weight is 291 g/mol. The van der Waals surface area contributed by atoms with Gasteiger partial charge in [-0.25, -0.2) is 8.78 Å². The molecular weight excluding hydrogens is 276 g/mol. The van der Waals surface area contributed by atoms with E-state index in [2.05, 4.69) is 10.5 Å². The van der Waals surface area contributed by atoms with Crippen molar-refractivity contribution in [3.8, 4) is 0 Å². The minimum Gasteiger partial charge on any atom is -0.409 e. The minimum atomic E-state index is -0.850. The predicted molar refractivity (Wildman–Crippen MR) is 75.9 cm³/mol. The van der Waals surface area contributed by atoms with Gasteiger partial charge in [0.05, 0.1) is 0 Å². The van der Waals surface area contributed by atoms with Gasteiger partial charge < -0.3 is 16.3 Å². The van der Waals surface area contributed by atoms with Gasteiger partial charge in [-0.1, -0.05) is 35.5 Å². The lowest BCUT2D eigenvalue weighted by atomic mass is 10.1. The summed E-state index contributed by atoms with van der Waals surface area (Å²) < 4.78 is 25.8. The molecule has 0 saturated carbocycles. The molecule has 0 heterocycles. The SMILES string of the molecule is NC(=NO)c1ccc(CNCc2ccc(F)c(F)c2)cc1. The molecule has 2 aromatic rings. The van der Waals surface area contributed by atoms with Crippen LogP contribution in [0.25, 0.3) is 0 Å². The molecule has 0 aromatic heterocycles. The Kier molecular flexibility index (Phi) is 4.84. The fourth-order valence-electron chi connectivity index (χ4n) is 1.85. The van der Waals surface area contributed by atoms with E-state index in [1.54, 1.807) is 12.1 Å². The second-order valence-electron chi connectivity index (χ2n) is 4.53. The normalized spacial score (nSPS) is 11.6. The van der Waals surface area contributed by atoms with Crippen molar-refractivity contribution in [1.82, 2.24) is 5.32 Å². The Morgan fingerprint density at radius 3 is 2.24 bits per heavy atom. The predicted octanol–water partition coefficient (Wildman–Crippen LogP) is 2.35. The van der Waals surface area contributed by atoms with E-state index in [4.69, 9.17) is 10.9 Å². The van der Waals surface area contributed by atoms with Crippen LogP contribution in [0.15, 0.2) is 47.6 Å². The van der Waals surface area contributed by atoms with Gasteiger partial charge in [-0.3, -0.25) is 0 Å². The van der Waals surface area contributed by atoms with Crippen LogP contribution in [0.2, 0.25) is 0 Å². The molecule has 0 atom stereocenters. The molecular formula is C15H15F2N3O. The van der Waals surface area contributed by atoms with E-state index in [0.717, 1.165) is 11.6 Å². The number of nitrogens with one attached hydrogen (secondary N) is 1. The standard InChI is InChI=1S/C15H15F2N3O/c16-13-6-3-11(7-14(13)17)9-19-8-10-1-4-12(5-2-10)15(18)20-21/h1-7,19,21H,8-9H2,(H2,18,20). The molecule has 21 heavy (non-hydrogen) atoms. The summed E-state index contributed by atoms with van der Waals surface area (Å²) in [4.78, 5) is 0. The van der Waals surface area contributed by atoms with E-state index < -0.39 is 11.6 Å². The van der Waals surface area contributed by atoms with E-state index in [-0.39, 0.29) is 5.84 Å². The first kappa shape index (κ1) is 14.9. The fourth-order valence-corrected chi connectivity index (χ4v) is 1.85. The number of amidine groups is 1. The first-order chi connectivity index (χ1) is 10.1. The monoisotopic (exact) mass is 291 g/mol.